The molecule has 0 saturated heterocycles. The third-order valence-electron chi connectivity index (χ3n) is 2.73. The highest BCUT2D eigenvalue weighted by atomic mass is 79.9. The van der Waals surface area contributed by atoms with Gasteiger partial charge in [-0.05, 0) is 40.7 Å². The first-order valence-corrected chi connectivity index (χ1v) is 6.23. The van der Waals surface area contributed by atoms with E-state index in [1.54, 1.807) is 13.2 Å². The molecule has 0 fully saturated rings. The minimum atomic E-state index is -0.263. The van der Waals surface area contributed by atoms with Crippen molar-refractivity contribution < 1.29 is 9.13 Å². The quantitative estimate of drug-likeness (QED) is 0.875. The average molecular weight is 305 g/mol. The summed E-state index contributed by atoms with van der Waals surface area (Å²) in [5.41, 5.74) is 6.63. The van der Waals surface area contributed by atoms with Gasteiger partial charge >= 0.3 is 0 Å². The summed E-state index contributed by atoms with van der Waals surface area (Å²) in [5.74, 6) is -0.263. The van der Waals surface area contributed by atoms with E-state index in [4.69, 9.17) is 10.5 Å². The van der Waals surface area contributed by atoms with Crippen LogP contribution in [0.3, 0.4) is 0 Å². The van der Waals surface area contributed by atoms with Gasteiger partial charge in [-0.1, -0.05) is 6.07 Å². The highest BCUT2D eigenvalue weighted by molar-refractivity contribution is 9.10. The van der Waals surface area contributed by atoms with Crippen LogP contribution < -0.4 is 5.73 Å². The fraction of sp³-hybridized carbons (Fsp3) is 0.500. The van der Waals surface area contributed by atoms with Crippen molar-refractivity contribution in [3.63, 3.8) is 0 Å². The van der Waals surface area contributed by atoms with Crippen LogP contribution in [-0.4, -0.2) is 38.8 Å². The lowest BCUT2D eigenvalue weighted by Gasteiger charge is -2.27. The lowest BCUT2D eigenvalue weighted by molar-refractivity contribution is 0.140. The van der Waals surface area contributed by atoms with Gasteiger partial charge in [0, 0.05) is 26.2 Å². The first kappa shape index (κ1) is 14.6. The van der Waals surface area contributed by atoms with Gasteiger partial charge in [0.2, 0.25) is 0 Å². The fourth-order valence-corrected chi connectivity index (χ4v) is 1.93. The first-order valence-electron chi connectivity index (χ1n) is 5.44. The lowest BCUT2D eigenvalue weighted by Crippen LogP contribution is -2.33. The van der Waals surface area contributed by atoms with E-state index in [2.05, 4.69) is 20.8 Å². The van der Waals surface area contributed by atoms with Crippen LogP contribution in [0.4, 0.5) is 4.39 Å². The summed E-state index contributed by atoms with van der Waals surface area (Å²) in [4.78, 5) is 2.06. The monoisotopic (exact) mass is 304 g/mol. The van der Waals surface area contributed by atoms with Gasteiger partial charge < -0.3 is 10.5 Å². The zero-order chi connectivity index (χ0) is 12.8. The maximum atomic E-state index is 13.5. The van der Waals surface area contributed by atoms with Gasteiger partial charge in [0.1, 0.15) is 5.82 Å². The number of benzene rings is 1. The minimum absolute atomic E-state index is 0.00718. The Morgan fingerprint density at radius 2 is 2.24 bits per heavy atom. The maximum absolute atomic E-state index is 13.5. The largest absolute Gasteiger partial charge is 0.383 e. The molecule has 1 rings (SSSR count). The van der Waals surface area contributed by atoms with Crippen molar-refractivity contribution in [2.45, 2.75) is 6.04 Å². The molecule has 0 aromatic heterocycles. The highest BCUT2D eigenvalue weighted by Gasteiger charge is 2.16. The van der Waals surface area contributed by atoms with Crippen molar-refractivity contribution in [1.29, 1.82) is 0 Å². The SMILES string of the molecule is COCCN(C)C(CN)c1ccc(Br)c(F)c1. The number of hydrogen-bond donors (Lipinski definition) is 1. The van der Waals surface area contributed by atoms with Gasteiger partial charge in [-0.15, -0.1) is 0 Å². The molecule has 17 heavy (non-hydrogen) atoms. The molecule has 0 bridgehead atoms. The molecule has 1 aromatic rings. The van der Waals surface area contributed by atoms with Gasteiger partial charge in [-0.25, -0.2) is 4.39 Å². The van der Waals surface area contributed by atoms with E-state index in [1.165, 1.54) is 6.07 Å². The Morgan fingerprint density at radius 1 is 1.53 bits per heavy atom. The molecule has 0 radical (unpaired) electrons. The normalized spacial score (nSPS) is 13.1. The number of nitrogens with two attached hydrogens (primary N) is 1. The minimum Gasteiger partial charge on any atom is -0.383 e. The molecule has 1 aromatic carbocycles. The van der Waals surface area contributed by atoms with E-state index in [1.807, 2.05) is 13.1 Å². The van der Waals surface area contributed by atoms with Crippen LogP contribution in [0.25, 0.3) is 0 Å². The molecule has 0 aliphatic rings. The molecule has 0 heterocycles. The Labute approximate surface area is 110 Å². The second-order valence-corrected chi connectivity index (χ2v) is 4.75. The standard InChI is InChI=1S/C12H18BrFN2O/c1-16(5-6-17-2)12(8-15)9-3-4-10(13)11(14)7-9/h3-4,7,12H,5-6,8,15H2,1-2H3. The van der Waals surface area contributed by atoms with Crippen molar-refractivity contribution >= 4 is 15.9 Å². The van der Waals surface area contributed by atoms with Crippen LogP contribution in [0.15, 0.2) is 22.7 Å². The molecule has 5 heteroatoms. The number of rotatable bonds is 6. The van der Waals surface area contributed by atoms with E-state index < -0.39 is 0 Å². The topological polar surface area (TPSA) is 38.5 Å². The number of nitrogens with zero attached hydrogens (tertiary/aromatic N) is 1. The van der Waals surface area contributed by atoms with Crippen LogP contribution in [0.5, 0.6) is 0 Å². The Morgan fingerprint density at radius 3 is 2.76 bits per heavy atom. The van der Waals surface area contributed by atoms with Crippen LogP contribution in [-0.2, 0) is 4.74 Å². The molecule has 1 unspecified atom stereocenters. The zero-order valence-corrected chi connectivity index (χ0v) is 11.7. The molecule has 0 saturated carbocycles. The number of likely N-dealkylation sites (N-methyl/N-ethyl adjacent to an activating group) is 1. The molecule has 96 valence electrons. The van der Waals surface area contributed by atoms with Crippen LogP contribution in [0.2, 0.25) is 0 Å². The first-order chi connectivity index (χ1) is 8.10. The summed E-state index contributed by atoms with van der Waals surface area (Å²) in [6.45, 7) is 1.84. The summed E-state index contributed by atoms with van der Waals surface area (Å²) in [6, 6.07) is 5.11. The second kappa shape index (κ2) is 7.06. The predicted molar refractivity (Wildman–Crippen MR) is 70.4 cm³/mol. The summed E-state index contributed by atoms with van der Waals surface area (Å²) in [5, 5.41) is 0. The summed E-state index contributed by atoms with van der Waals surface area (Å²) in [7, 11) is 3.61. The highest BCUT2D eigenvalue weighted by Crippen LogP contribution is 2.23. The Hall–Kier alpha value is -0.490. The molecule has 3 nitrogen and oxygen atoms in total. The average Bonchev–Trinajstić information content (AvgIpc) is 2.32. The molecular weight excluding hydrogens is 287 g/mol. The van der Waals surface area contributed by atoms with Crippen LogP contribution >= 0.6 is 15.9 Å². The van der Waals surface area contributed by atoms with Crippen molar-refractivity contribution in [3.8, 4) is 0 Å². The summed E-state index contributed by atoms with van der Waals surface area (Å²) in [6.07, 6.45) is 0. The molecule has 0 aliphatic heterocycles. The van der Waals surface area contributed by atoms with Crippen molar-refractivity contribution in [2.24, 2.45) is 5.73 Å². The maximum Gasteiger partial charge on any atom is 0.137 e. The van der Waals surface area contributed by atoms with Gasteiger partial charge in [0.15, 0.2) is 0 Å². The Balaban J connectivity index is 2.81. The lowest BCUT2D eigenvalue weighted by atomic mass is 10.1. The third-order valence-corrected chi connectivity index (χ3v) is 3.37. The molecule has 2 N–H and O–H groups in total. The van der Waals surface area contributed by atoms with Gasteiger partial charge in [0.25, 0.3) is 0 Å². The number of ether oxygens (including phenoxy) is 1. The molecule has 1 atom stereocenters. The number of methoxy groups -OCH3 is 1. The Kier molecular flexibility index (Phi) is 6.05. The van der Waals surface area contributed by atoms with E-state index >= 15 is 0 Å². The summed E-state index contributed by atoms with van der Waals surface area (Å²) < 4.78 is 19.0. The number of hydrogen-bond acceptors (Lipinski definition) is 3. The third kappa shape index (κ3) is 4.03. The molecular formula is C12H18BrFN2O. The fourth-order valence-electron chi connectivity index (χ4n) is 1.68. The number of halogens is 2. The van der Waals surface area contributed by atoms with E-state index in [0.717, 1.165) is 12.1 Å². The molecule has 0 spiro atoms. The van der Waals surface area contributed by atoms with E-state index in [-0.39, 0.29) is 11.9 Å². The predicted octanol–water partition coefficient (Wildman–Crippen LogP) is 2.17. The molecule has 0 aliphatic carbocycles. The Bertz CT molecular complexity index is 362. The van der Waals surface area contributed by atoms with Crippen molar-refractivity contribution in [3.05, 3.63) is 34.1 Å². The van der Waals surface area contributed by atoms with E-state index in [0.29, 0.717) is 17.6 Å². The molecule has 0 amide bonds. The second-order valence-electron chi connectivity index (χ2n) is 3.90. The smallest absolute Gasteiger partial charge is 0.137 e. The van der Waals surface area contributed by atoms with Crippen LogP contribution in [0, 0.1) is 5.82 Å². The zero-order valence-electron chi connectivity index (χ0n) is 10.1. The van der Waals surface area contributed by atoms with Crippen molar-refractivity contribution in [2.75, 3.05) is 33.9 Å². The van der Waals surface area contributed by atoms with Crippen LogP contribution in [0.1, 0.15) is 11.6 Å². The van der Waals surface area contributed by atoms with Crippen molar-refractivity contribution in [1.82, 2.24) is 4.90 Å². The van der Waals surface area contributed by atoms with Gasteiger partial charge in [-0.2, -0.15) is 0 Å². The van der Waals surface area contributed by atoms with Gasteiger partial charge in [-0.3, -0.25) is 4.90 Å². The van der Waals surface area contributed by atoms with Gasteiger partial charge in [0.05, 0.1) is 11.1 Å². The summed E-state index contributed by atoms with van der Waals surface area (Å²) >= 11 is 3.14. The van der Waals surface area contributed by atoms with E-state index in [9.17, 15) is 4.39 Å².